The molecule has 0 N–H and O–H groups in total. The summed E-state index contributed by atoms with van der Waals surface area (Å²) in [4.78, 5) is 22.0. The maximum Gasteiger partial charge on any atom is 0.337 e. The first-order valence-corrected chi connectivity index (χ1v) is 4.42. The van der Waals surface area contributed by atoms with E-state index in [9.17, 15) is 9.59 Å². The Labute approximate surface area is 87.8 Å². The van der Waals surface area contributed by atoms with Gasteiger partial charge in [-0.25, -0.2) is 4.79 Å². The summed E-state index contributed by atoms with van der Waals surface area (Å²) < 4.78 is 9.49. The molecular formula is C11H12O4. The lowest BCUT2D eigenvalue weighted by Gasteiger charge is -2.06. The van der Waals surface area contributed by atoms with Gasteiger partial charge in [-0.1, -0.05) is 6.07 Å². The molecule has 0 unspecified atom stereocenters. The SMILES string of the molecule is COC(=O)c1ccc(C)c(OC(C)=O)c1. The summed E-state index contributed by atoms with van der Waals surface area (Å²) in [7, 11) is 1.30. The van der Waals surface area contributed by atoms with Crippen LogP contribution < -0.4 is 4.74 Å². The summed E-state index contributed by atoms with van der Waals surface area (Å²) in [6.45, 7) is 3.10. The van der Waals surface area contributed by atoms with Crippen molar-refractivity contribution in [3.05, 3.63) is 29.3 Å². The summed E-state index contributed by atoms with van der Waals surface area (Å²) in [5, 5.41) is 0. The minimum absolute atomic E-state index is 0.361. The first-order chi connectivity index (χ1) is 7.04. The van der Waals surface area contributed by atoms with Gasteiger partial charge in [0.2, 0.25) is 0 Å². The van der Waals surface area contributed by atoms with E-state index >= 15 is 0 Å². The van der Waals surface area contributed by atoms with E-state index in [0.717, 1.165) is 5.56 Å². The number of aryl methyl sites for hydroxylation is 1. The van der Waals surface area contributed by atoms with E-state index in [2.05, 4.69) is 4.74 Å². The van der Waals surface area contributed by atoms with Crippen LogP contribution in [0.5, 0.6) is 5.75 Å². The molecule has 4 heteroatoms. The molecule has 80 valence electrons. The van der Waals surface area contributed by atoms with Crippen molar-refractivity contribution in [2.24, 2.45) is 0 Å². The summed E-state index contributed by atoms with van der Waals surface area (Å²) in [5.74, 6) is -0.492. The van der Waals surface area contributed by atoms with Gasteiger partial charge in [-0.05, 0) is 24.6 Å². The molecule has 0 saturated heterocycles. The molecule has 0 fully saturated rings. The Kier molecular flexibility index (Phi) is 3.44. The van der Waals surface area contributed by atoms with Gasteiger partial charge in [0.1, 0.15) is 5.75 Å². The van der Waals surface area contributed by atoms with Gasteiger partial charge in [0, 0.05) is 6.92 Å². The highest BCUT2D eigenvalue weighted by Crippen LogP contribution is 2.20. The van der Waals surface area contributed by atoms with E-state index in [4.69, 9.17) is 4.74 Å². The van der Waals surface area contributed by atoms with Crippen LogP contribution in [0, 0.1) is 6.92 Å². The lowest BCUT2D eigenvalue weighted by molar-refractivity contribution is -0.131. The van der Waals surface area contributed by atoms with Gasteiger partial charge in [-0.3, -0.25) is 4.79 Å². The van der Waals surface area contributed by atoms with Crippen molar-refractivity contribution in [1.82, 2.24) is 0 Å². The summed E-state index contributed by atoms with van der Waals surface area (Å²) >= 11 is 0. The quantitative estimate of drug-likeness (QED) is 0.548. The molecule has 0 spiro atoms. The third kappa shape index (κ3) is 2.80. The van der Waals surface area contributed by atoms with Crippen molar-refractivity contribution in [2.45, 2.75) is 13.8 Å². The Morgan fingerprint density at radius 1 is 1.27 bits per heavy atom. The average Bonchev–Trinajstić information content (AvgIpc) is 2.19. The van der Waals surface area contributed by atoms with Gasteiger partial charge in [0.25, 0.3) is 0 Å². The van der Waals surface area contributed by atoms with Crippen LogP contribution in [0.1, 0.15) is 22.8 Å². The molecule has 0 radical (unpaired) electrons. The predicted molar refractivity (Wildman–Crippen MR) is 53.8 cm³/mol. The second-order valence-electron chi connectivity index (χ2n) is 3.07. The van der Waals surface area contributed by atoms with Crippen LogP contribution in [0.25, 0.3) is 0 Å². The highest BCUT2D eigenvalue weighted by Gasteiger charge is 2.09. The second kappa shape index (κ2) is 4.59. The van der Waals surface area contributed by atoms with Crippen molar-refractivity contribution in [3.63, 3.8) is 0 Å². The Hall–Kier alpha value is -1.84. The molecule has 0 heterocycles. The Morgan fingerprint density at radius 2 is 1.93 bits per heavy atom. The molecule has 0 bridgehead atoms. The third-order valence-corrected chi connectivity index (χ3v) is 1.86. The number of rotatable bonds is 2. The summed E-state index contributed by atoms with van der Waals surface area (Å²) in [6.07, 6.45) is 0. The smallest absolute Gasteiger partial charge is 0.337 e. The zero-order valence-electron chi connectivity index (χ0n) is 8.87. The highest BCUT2D eigenvalue weighted by atomic mass is 16.5. The average molecular weight is 208 g/mol. The highest BCUT2D eigenvalue weighted by molar-refractivity contribution is 5.90. The third-order valence-electron chi connectivity index (χ3n) is 1.86. The zero-order valence-corrected chi connectivity index (χ0v) is 8.87. The van der Waals surface area contributed by atoms with Crippen LogP contribution in [0.2, 0.25) is 0 Å². The predicted octanol–water partition coefficient (Wildman–Crippen LogP) is 1.71. The first kappa shape index (κ1) is 11.2. The molecule has 1 aromatic rings. The van der Waals surface area contributed by atoms with E-state index < -0.39 is 11.9 Å². The molecule has 0 atom stereocenters. The standard InChI is InChI=1S/C11H12O4/c1-7-4-5-9(11(13)14-3)6-10(7)15-8(2)12/h4-6H,1-3H3. The van der Waals surface area contributed by atoms with Crippen molar-refractivity contribution in [3.8, 4) is 5.75 Å². The minimum Gasteiger partial charge on any atom is -0.465 e. The van der Waals surface area contributed by atoms with Crippen molar-refractivity contribution in [2.75, 3.05) is 7.11 Å². The molecule has 15 heavy (non-hydrogen) atoms. The van der Waals surface area contributed by atoms with Gasteiger partial charge in [-0.2, -0.15) is 0 Å². The molecule has 0 aromatic heterocycles. The maximum absolute atomic E-state index is 11.2. The van der Waals surface area contributed by atoms with E-state index in [1.54, 1.807) is 19.1 Å². The van der Waals surface area contributed by atoms with Crippen LogP contribution in [0.15, 0.2) is 18.2 Å². The number of ether oxygens (including phenoxy) is 2. The van der Waals surface area contributed by atoms with Gasteiger partial charge < -0.3 is 9.47 Å². The van der Waals surface area contributed by atoms with E-state index in [1.807, 2.05) is 0 Å². The molecular weight excluding hydrogens is 196 g/mol. The van der Waals surface area contributed by atoms with Crippen LogP contribution >= 0.6 is 0 Å². The normalized spacial score (nSPS) is 9.53. The van der Waals surface area contributed by atoms with Crippen molar-refractivity contribution >= 4 is 11.9 Å². The number of carbonyl (C=O) groups excluding carboxylic acids is 2. The molecule has 1 rings (SSSR count). The fourth-order valence-corrected chi connectivity index (χ4v) is 1.11. The van der Waals surface area contributed by atoms with E-state index in [-0.39, 0.29) is 0 Å². The lowest BCUT2D eigenvalue weighted by Crippen LogP contribution is -2.06. The van der Waals surface area contributed by atoms with E-state index in [1.165, 1.54) is 20.1 Å². The first-order valence-electron chi connectivity index (χ1n) is 4.42. The Morgan fingerprint density at radius 3 is 2.47 bits per heavy atom. The number of carbonyl (C=O) groups is 2. The Balaban J connectivity index is 3.05. The number of benzene rings is 1. The molecule has 0 aliphatic rings. The maximum atomic E-state index is 11.2. The molecule has 0 amide bonds. The van der Waals surface area contributed by atoms with Crippen molar-refractivity contribution in [1.29, 1.82) is 0 Å². The van der Waals surface area contributed by atoms with Crippen LogP contribution in [0.3, 0.4) is 0 Å². The minimum atomic E-state index is -0.455. The number of esters is 2. The number of hydrogen-bond donors (Lipinski definition) is 0. The zero-order chi connectivity index (χ0) is 11.4. The van der Waals surface area contributed by atoms with Gasteiger partial charge in [0.15, 0.2) is 0 Å². The fourth-order valence-electron chi connectivity index (χ4n) is 1.11. The lowest BCUT2D eigenvalue weighted by atomic mass is 10.1. The largest absolute Gasteiger partial charge is 0.465 e. The van der Waals surface area contributed by atoms with Crippen LogP contribution in [-0.4, -0.2) is 19.0 Å². The van der Waals surface area contributed by atoms with Gasteiger partial charge in [0.05, 0.1) is 12.7 Å². The topological polar surface area (TPSA) is 52.6 Å². The summed E-state index contributed by atoms with van der Waals surface area (Å²) in [5.41, 5.74) is 1.15. The monoisotopic (exact) mass is 208 g/mol. The number of hydrogen-bond acceptors (Lipinski definition) is 4. The van der Waals surface area contributed by atoms with Crippen molar-refractivity contribution < 1.29 is 19.1 Å². The molecule has 1 aromatic carbocycles. The van der Waals surface area contributed by atoms with Crippen LogP contribution in [0.4, 0.5) is 0 Å². The van der Waals surface area contributed by atoms with Crippen LogP contribution in [-0.2, 0) is 9.53 Å². The van der Waals surface area contributed by atoms with Gasteiger partial charge >= 0.3 is 11.9 Å². The molecule has 4 nitrogen and oxygen atoms in total. The Bertz CT molecular complexity index is 396. The second-order valence-corrected chi connectivity index (χ2v) is 3.07. The fraction of sp³-hybridized carbons (Fsp3) is 0.273. The molecule has 0 saturated carbocycles. The van der Waals surface area contributed by atoms with E-state index in [0.29, 0.717) is 11.3 Å². The molecule has 0 aliphatic carbocycles. The summed E-state index contributed by atoms with van der Waals surface area (Å²) in [6, 6.07) is 4.81. The van der Waals surface area contributed by atoms with Gasteiger partial charge in [-0.15, -0.1) is 0 Å². The molecule has 0 aliphatic heterocycles. The number of methoxy groups -OCH3 is 1.